The summed E-state index contributed by atoms with van der Waals surface area (Å²) in [5, 5.41) is 4.49. The van der Waals surface area contributed by atoms with E-state index in [0.717, 1.165) is 66.1 Å². The minimum atomic E-state index is 0.627. The summed E-state index contributed by atoms with van der Waals surface area (Å²) in [6.45, 7) is 15.3. The summed E-state index contributed by atoms with van der Waals surface area (Å²) in [7, 11) is 0. The maximum absolute atomic E-state index is 7.77. The Morgan fingerprint density at radius 1 is 0.429 bits per heavy atom. The van der Waals surface area contributed by atoms with Gasteiger partial charge in [0.2, 0.25) is 5.69 Å². The molecule has 0 spiro atoms. The van der Waals surface area contributed by atoms with Crippen molar-refractivity contribution >= 4 is 55.0 Å². The summed E-state index contributed by atoms with van der Waals surface area (Å²) in [6.07, 6.45) is 0. The lowest BCUT2D eigenvalue weighted by molar-refractivity contribution is 1.18. The van der Waals surface area contributed by atoms with E-state index >= 15 is 0 Å². The van der Waals surface area contributed by atoms with E-state index in [1.54, 1.807) is 0 Å². The van der Waals surface area contributed by atoms with Crippen LogP contribution in [0.2, 0.25) is 0 Å². The van der Waals surface area contributed by atoms with Gasteiger partial charge < -0.3 is 9.13 Å². The van der Waals surface area contributed by atoms with E-state index < -0.39 is 0 Å². The molecule has 0 radical (unpaired) electrons. The van der Waals surface area contributed by atoms with Crippen LogP contribution in [0.4, 0.5) is 11.4 Å². The van der Waals surface area contributed by atoms with Gasteiger partial charge in [-0.3, -0.25) is 0 Å². The first kappa shape index (κ1) is 23.8. The fourth-order valence-corrected chi connectivity index (χ4v) is 6.35. The monoisotopic (exact) mass is 534 g/mol. The van der Waals surface area contributed by atoms with Gasteiger partial charge in [0.25, 0.3) is 0 Å². The van der Waals surface area contributed by atoms with E-state index in [4.69, 9.17) is 13.1 Å². The van der Waals surface area contributed by atoms with Gasteiger partial charge in [0.05, 0.1) is 46.6 Å². The lowest BCUT2D eigenvalue weighted by Gasteiger charge is -2.15. The van der Waals surface area contributed by atoms with Crippen LogP contribution in [0.25, 0.3) is 75.8 Å². The van der Waals surface area contributed by atoms with Crippen molar-refractivity contribution in [1.82, 2.24) is 9.13 Å². The second kappa shape index (κ2) is 9.24. The Morgan fingerprint density at radius 3 is 1.69 bits per heavy atom. The van der Waals surface area contributed by atoms with Gasteiger partial charge in [-0.05, 0) is 59.5 Å². The van der Waals surface area contributed by atoms with Gasteiger partial charge in [-0.1, -0.05) is 84.9 Å². The topological polar surface area (TPSA) is 18.6 Å². The Hall–Kier alpha value is -6.10. The highest BCUT2D eigenvalue weighted by Gasteiger charge is 2.18. The van der Waals surface area contributed by atoms with E-state index in [2.05, 4.69) is 116 Å². The number of hydrogen-bond acceptors (Lipinski definition) is 0. The van der Waals surface area contributed by atoms with Crippen LogP contribution in [0.5, 0.6) is 0 Å². The largest absolute Gasteiger partial charge is 0.319 e. The molecule has 0 aliphatic heterocycles. The van der Waals surface area contributed by atoms with E-state index in [-0.39, 0.29) is 0 Å². The molecule has 0 atom stereocenters. The molecule has 0 unspecified atom stereocenters. The van der Waals surface area contributed by atoms with Crippen LogP contribution in [0.15, 0.2) is 133 Å². The standard InChI is InChI=1S/C38H22N4/c1-39-26-20-22-37-31(24-26)29-13-5-8-16-34(29)41(37)33-15-7-3-11-27(33)25-19-21-36-30(23-25)28-12-4-9-17-35(28)42(36)38-18-10-6-14-32(38)40-2/h3-24H. The summed E-state index contributed by atoms with van der Waals surface area (Å²) in [5.74, 6) is 0. The van der Waals surface area contributed by atoms with Gasteiger partial charge >= 0.3 is 0 Å². The van der Waals surface area contributed by atoms with Gasteiger partial charge in [-0.25, -0.2) is 9.69 Å². The summed E-state index contributed by atoms with van der Waals surface area (Å²) in [5.41, 5.74) is 9.79. The number of nitrogens with zero attached hydrogens (tertiary/aromatic N) is 4. The van der Waals surface area contributed by atoms with Gasteiger partial charge in [0.1, 0.15) is 0 Å². The molecule has 6 aromatic carbocycles. The molecule has 42 heavy (non-hydrogen) atoms. The lowest BCUT2D eigenvalue weighted by atomic mass is 10.0. The van der Waals surface area contributed by atoms with Crippen LogP contribution in [0.1, 0.15) is 0 Å². The fourth-order valence-electron chi connectivity index (χ4n) is 6.35. The van der Waals surface area contributed by atoms with Crippen LogP contribution < -0.4 is 0 Å². The second-order valence-corrected chi connectivity index (χ2v) is 10.4. The van der Waals surface area contributed by atoms with E-state index in [1.165, 1.54) is 0 Å². The third-order valence-electron chi connectivity index (χ3n) is 8.16. The molecule has 4 heteroatoms. The van der Waals surface area contributed by atoms with E-state index in [9.17, 15) is 0 Å². The molecule has 8 rings (SSSR count). The molecule has 0 fully saturated rings. The maximum Gasteiger partial charge on any atom is 0.210 e. The molecule has 0 aliphatic carbocycles. The number of fused-ring (bicyclic) bond motifs is 6. The Bertz CT molecular complexity index is 2440. The van der Waals surface area contributed by atoms with Crippen LogP contribution in [0, 0.1) is 13.1 Å². The van der Waals surface area contributed by atoms with Crippen molar-refractivity contribution in [3.05, 3.63) is 156 Å². The molecule has 2 aromatic heterocycles. The molecule has 4 nitrogen and oxygen atoms in total. The van der Waals surface area contributed by atoms with Crippen molar-refractivity contribution < 1.29 is 0 Å². The lowest BCUT2D eigenvalue weighted by Crippen LogP contribution is -1.97. The Kier molecular flexibility index (Phi) is 5.22. The first-order chi connectivity index (χ1) is 20.8. The number of hydrogen-bond donors (Lipinski definition) is 0. The predicted octanol–water partition coefficient (Wildman–Crippen LogP) is 10.6. The Balaban J connectivity index is 1.41. The highest BCUT2D eigenvalue weighted by Crippen LogP contribution is 2.40. The van der Waals surface area contributed by atoms with Gasteiger partial charge in [0.15, 0.2) is 5.69 Å². The molecule has 8 aromatic rings. The van der Waals surface area contributed by atoms with Crippen molar-refractivity contribution in [3.63, 3.8) is 0 Å². The van der Waals surface area contributed by atoms with Crippen molar-refractivity contribution in [1.29, 1.82) is 0 Å². The van der Waals surface area contributed by atoms with Gasteiger partial charge in [0, 0.05) is 21.7 Å². The highest BCUT2D eigenvalue weighted by atomic mass is 15.0. The number of benzene rings is 6. The van der Waals surface area contributed by atoms with Crippen molar-refractivity contribution in [2.45, 2.75) is 0 Å². The molecule has 194 valence electrons. The average Bonchev–Trinajstić information content (AvgIpc) is 3.56. The van der Waals surface area contributed by atoms with Crippen molar-refractivity contribution in [3.8, 4) is 22.5 Å². The minimum Gasteiger partial charge on any atom is -0.319 e. The molecule has 0 aliphatic rings. The maximum atomic E-state index is 7.77. The molecule has 0 bridgehead atoms. The van der Waals surface area contributed by atoms with Gasteiger partial charge in [-0.2, -0.15) is 0 Å². The summed E-state index contributed by atoms with van der Waals surface area (Å²) >= 11 is 0. The molecule has 2 heterocycles. The zero-order valence-corrected chi connectivity index (χ0v) is 22.5. The summed E-state index contributed by atoms with van der Waals surface area (Å²) < 4.78 is 4.52. The number of para-hydroxylation sites is 5. The summed E-state index contributed by atoms with van der Waals surface area (Å²) in [6, 6.07) is 45.7. The van der Waals surface area contributed by atoms with E-state index in [1.807, 2.05) is 36.4 Å². The smallest absolute Gasteiger partial charge is 0.210 e. The van der Waals surface area contributed by atoms with Crippen molar-refractivity contribution in [2.75, 3.05) is 0 Å². The molecular formula is C38H22N4. The quantitative estimate of drug-likeness (QED) is 0.201. The average molecular weight is 535 g/mol. The summed E-state index contributed by atoms with van der Waals surface area (Å²) in [4.78, 5) is 7.50. The SMILES string of the molecule is [C-]#[N+]c1ccc2c(c1)c1ccccc1n2-c1ccccc1-c1ccc2c(c1)c1ccccc1n2-c1ccccc1[N+]#[C-]. The highest BCUT2D eigenvalue weighted by molar-refractivity contribution is 6.12. The van der Waals surface area contributed by atoms with Crippen molar-refractivity contribution in [2.24, 2.45) is 0 Å². The Morgan fingerprint density at radius 2 is 0.976 bits per heavy atom. The second-order valence-electron chi connectivity index (χ2n) is 10.4. The Labute approximate surface area is 242 Å². The normalized spacial score (nSPS) is 11.3. The molecule has 0 saturated carbocycles. The van der Waals surface area contributed by atoms with Crippen LogP contribution in [-0.4, -0.2) is 9.13 Å². The van der Waals surface area contributed by atoms with Crippen LogP contribution >= 0.6 is 0 Å². The van der Waals surface area contributed by atoms with Crippen LogP contribution in [0.3, 0.4) is 0 Å². The fraction of sp³-hybridized carbons (Fsp3) is 0. The van der Waals surface area contributed by atoms with Gasteiger partial charge in [-0.15, -0.1) is 0 Å². The molecule has 0 saturated heterocycles. The minimum absolute atomic E-state index is 0.627. The predicted molar refractivity (Wildman–Crippen MR) is 173 cm³/mol. The molecular weight excluding hydrogens is 512 g/mol. The third-order valence-corrected chi connectivity index (χ3v) is 8.16. The third kappa shape index (κ3) is 3.40. The molecule has 0 amide bonds. The zero-order valence-electron chi connectivity index (χ0n) is 22.5. The van der Waals surface area contributed by atoms with E-state index in [0.29, 0.717) is 11.4 Å². The molecule has 0 N–H and O–H groups in total. The first-order valence-corrected chi connectivity index (χ1v) is 13.8. The number of rotatable bonds is 3. The first-order valence-electron chi connectivity index (χ1n) is 13.8. The zero-order chi connectivity index (χ0) is 28.2. The number of aromatic nitrogens is 2. The van der Waals surface area contributed by atoms with Crippen LogP contribution in [-0.2, 0) is 0 Å².